The molecule has 3 rings (SSSR count). The monoisotopic (exact) mass is 475 g/mol. The first-order valence-electron chi connectivity index (χ1n) is 7.25. The third kappa shape index (κ3) is 3.96. The van der Waals surface area contributed by atoms with Gasteiger partial charge < -0.3 is 9.87 Å². The number of carbonyl (C=O) groups is 1. The third-order valence-corrected chi connectivity index (χ3v) is 7.01. The molecule has 2 aromatic rings. The van der Waals surface area contributed by atoms with Crippen molar-refractivity contribution in [1.82, 2.24) is 4.31 Å². The van der Waals surface area contributed by atoms with Gasteiger partial charge in [-0.2, -0.15) is 4.31 Å². The zero-order valence-corrected chi connectivity index (χ0v) is 17.5. The number of allylic oxidation sites excluding steroid dienone is 1. The molecule has 0 saturated heterocycles. The van der Waals surface area contributed by atoms with Gasteiger partial charge in [-0.1, -0.05) is 11.6 Å². The molecular weight excluding hydrogens is 465 g/mol. The van der Waals surface area contributed by atoms with Crippen LogP contribution in [0.3, 0.4) is 0 Å². The summed E-state index contributed by atoms with van der Waals surface area (Å²) in [6.45, 7) is 1.94. The Morgan fingerprint density at radius 1 is 1.46 bits per heavy atom. The van der Waals surface area contributed by atoms with Gasteiger partial charge in [0.2, 0.25) is 11.5 Å². The van der Waals surface area contributed by atoms with Gasteiger partial charge in [0.05, 0.1) is 16.9 Å². The summed E-state index contributed by atoms with van der Waals surface area (Å²) in [5, 5.41) is 2.53. The SMILES string of the molecule is Cc1sc(C2=N[S+]([O-])N(C)C(C(=O)Nc3ccc(F)c(Cl)c3)=C2)cc1Br. The molecule has 0 bridgehead atoms. The van der Waals surface area contributed by atoms with Crippen LogP contribution in [0.1, 0.15) is 9.75 Å². The van der Waals surface area contributed by atoms with Gasteiger partial charge in [0.15, 0.2) is 5.70 Å². The molecule has 26 heavy (non-hydrogen) atoms. The lowest BCUT2D eigenvalue weighted by atomic mass is 10.2. The molecule has 2 heterocycles. The fourth-order valence-corrected chi connectivity index (χ4v) is 4.64. The quantitative estimate of drug-likeness (QED) is 0.666. The van der Waals surface area contributed by atoms with Crippen molar-refractivity contribution in [3.8, 4) is 0 Å². The minimum Gasteiger partial charge on any atom is -0.566 e. The number of benzene rings is 1. The fraction of sp³-hybridized carbons (Fsp3) is 0.125. The lowest BCUT2D eigenvalue weighted by Gasteiger charge is -2.23. The Bertz CT molecular complexity index is 928. The molecule has 10 heteroatoms. The van der Waals surface area contributed by atoms with Crippen molar-refractivity contribution in [2.24, 2.45) is 4.40 Å². The molecule has 0 fully saturated rings. The van der Waals surface area contributed by atoms with Gasteiger partial charge in [0.1, 0.15) is 11.5 Å². The summed E-state index contributed by atoms with van der Waals surface area (Å²) in [5.74, 6) is -1.07. The van der Waals surface area contributed by atoms with Crippen LogP contribution in [0.25, 0.3) is 0 Å². The number of hydrogen-bond donors (Lipinski definition) is 1. The second-order valence-electron chi connectivity index (χ2n) is 5.33. The van der Waals surface area contributed by atoms with Crippen molar-refractivity contribution in [2.45, 2.75) is 6.92 Å². The van der Waals surface area contributed by atoms with Crippen LogP contribution >= 0.6 is 38.9 Å². The van der Waals surface area contributed by atoms with Gasteiger partial charge in [-0.3, -0.25) is 4.79 Å². The molecule has 0 radical (unpaired) electrons. The minimum absolute atomic E-state index is 0.0986. The predicted octanol–water partition coefficient (Wildman–Crippen LogP) is 4.45. The third-order valence-electron chi connectivity index (χ3n) is 3.54. The van der Waals surface area contributed by atoms with Crippen LogP contribution in [0.2, 0.25) is 5.02 Å². The average molecular weight is 477 g/mol. The van der Waals surface area contributed by atoms with Gasteiger partial charge in [-0.25, -0.2) is 4.39 Å². The van der Waals surface area contributed by atoms with Crippen LogP contribution in [-0.2, 0) is 16.3 Å². The van der Waals surface area contributed by atoms with Crippen LogP contribution in [-0.4, -0.2) is 27.5 Å². The van der Waals surface area contributed by atoms with Crippen molar-refractivity contribution in [3.05, 3.63) is 61.1 Å². The summed E-state index contributed by atoms with van der Waals surface area (Å²) in [5.41, 5.74) is 0.971. The maximum Gasteiger partial charge on any atom is 0.276 e. The van der Waals surface area contributed by atoms with Gasteiger partial charge in [0.25, 0.3) is 5.91 Å². The average Bonchev–Trinajstić information content (AvgIpc) is 2.92. The molecule has 136 valence electrons. The van der Waals surface area contributed by atoms with Crippen molar-refractivity contribution < 1.29 is 13.7 Å². The van der Waals surface area contributed by atoms with Crippen LogP contribution in [0.15, 0.2) is 44.9 Å². The Morgan fingerprint density at radius 3 is 2.81 bits per heavy atom. The van der Waals surface area contributed by atoms with Gasteiger partial charge in [-0.05, 0) is 51.5 Å². The Balaban J connectivity index is 1.89. The van der Waals surface area contributed by atoms with Gasteiger partial charge in [0, 0.05) is 21.1 Å². The van der Waals surface area contributed by atoms with E-state index in [4.69, 9.17) is 11.6 Å². The number of nitrogens with zero attached hydrogens (tertiary/aromatic N) is 2. The van der Waals surface area contributed by atoms with Crippen molar-refractivity contribution in [2.75, 3.05) is 12.4 Å². The number of anilines is 1. The Kier molecular flexibility index (Phi) is 5.73. The van der Waals surface area contributed by atoms with Gasteiger partial charge >= 0.3 is 0 Å². The summed E-state index contributed by atoms with van der Waals surface area (Å²) in [4.78, 5) is 14.5. The van der Waals surface area contributed by atoms with Crippen molar-refractivity contribution >= 4 is 67.7 Å². The Hall–Kier alpha value is -1.39. The van der Waals surface area contributed by atoms with Crippen LogP contribution in [0.4, 0.5) is 10.1 Å². The molecular formula is C16H12BrClFN3O2S2. The van der Waals surface area contributed by atoms with Crippen LogP contribution < -0.4 is 5.32 Å². The summed E-state index contributed by atoms with van der Waals surface area (Å²) in [7, 11) is 1.51. The van der Waals surface area contributed by atoms with E-state index in [-0.39, 0.29) is 10.7 Å². The van der Waals surface area contributed by atoms with Crippen LogP contribution in [0.5, 0.6) is 0 Å². The maximum atomic E-state index is 13.3. The number of likely N-dealkylation sites (N-methyl/N-ethyl adjacent to an activating group) is 1. The lowest BCUT2D eigenvalue weighted by molar-refractivity contribution is -0.113. The van der Waals surface area contributed by atoms with E-state index in [0.717, 1.165) is 20.3 Å². The first-order chi connectivity index (χ1) is 12.3. The van der Waals surface area contributed by atoms with E-state index in [1.54, 1.807) is 6.08 Å². The first kappa shape index (κ1) is 19.4. The zero-order valence-electron chi connectivity index (χ0n) is 13.5. The highest BCUT2D eigenvalue weighted by atomic mass is 79.9. The van der Waals surface area contributed by atoms with Crippen molar-refractivity contribution in [1.29, 1.82) is 0 Å². The smallest absolute Gasteiger partial charge is 0.276 e. The van der Waals surface area contributed by atoms with E-state index < -0.39 is 23.3 Å². The number of thiophene rings is 1. The number of aryl methyl sites for hydroxylation is 1. The topological polar surface area (TPSA) is 67.8 Å². The second-order valence-corrected chi connectivity index (χ2v) is 9.04. The number of carbonyl (C=O) groups excluding carboxylic acids is 1. The normalized spacial score (nSPS) is 17.0. The minimum atomic E-state index is -1.73. The van der Waals surface area contributed by atoms with E-state index >= 15 is 0 Å². The van der Waals surface area contributed by atoms with Crippen molar-refractivity contribution in [3.63, 3.8) is 0 Å². The maximum absolute atomic E-state index is 13.3. The number of hydrogen-bond acceptors (Lipinski definition) is 5. The Labute approximate surface area is 170 Å². The summed E-state index contributed by atoms with van der Waals surface area (Å²) in [6, 6.07) is 5.74. The number of rotatable bonds is 3. The number of halogens is 3. The van der Waals surface area contributed by atoms with E-state index in [2.05, 4.69) is 25.6 Å². The molecule has 0 saturated carbocycles. The van der Waals surface area contributed by atoms with E-state index in [1.807, 2.05) is 13.0 Å². The first-order valence-corrected chi connectivity index (χ1v) is 10.3. The highest BCUT2D eigenvalue weighted by molar-refractivity contribution is 9.10. The predicted molar refractivity (Wildman–Crippen MR) is 107 cm³/mol. The molecule has 1 aromatic heterocycles. The summed E-state index contributed by atoms with van der Waals surface area (Å²) in [6.07, 6.45) is 1.57. The molecule has 0 aliphatic carbocycles. The molecule has 0 spiro atoms. The zero-order chi connectivity index (χ0) is 19.0. The van der Waals surface area contributed by atoms with E-state index in [9.17, 15) is 13.7 Å². The number of nitrogens with one attached hydrogen (secondary N) is 1. The lowest BCUT2D eigenvalue weighted by Crippen LogP contribution is -2.35. The van der Waals surface area contributed by atoms with Gasteiger partial charge in [-0.15, -0.1) is 11.3 Å². The van der Waals surface area contributed by atoms with Crippen LogP contribution in [0, 0.1) is 12.7 Å². The summed E-state index contributed by atoms with van der Waals surface area (Å²) < 4.78 is 31.9. The molecule has 1 aromatic carbocycles. The molecule has 1 unspecified atom stereocenters. The number of amides is 1. The Morgan fingerprint density at radius 2 is 2.19 bits per heavy atom. The second kappa shape index (κ2) is 7.69. The molecule has 1 aliphatic rings. The summed E-state index contributed by atoms with van der Waals surface area (Å²) >= 11 is 8.92. The molecule has 5 nitrogen and oxygen atoms in total. The van der Waals surface area contributed by atoms with E-state index in [0.29, 0.717) is 11.4 Å². The molecule has 1 atom stereocenters. The molecule has 1 amide bonds. The molecule has 1 N–H and O–H groups in total. The fourth-order valence-electron chi connectivity index (χ4n) is 2.16. The van der Waals surface area contributed by atoms with E-state index in [1.165, 1.54) is 34.8 Å². The standard InChI is InChI=1S/C16H12BrClFN3O2S2/c1-8-10(17)6-15(25-8)13-7-14(22(2)26(24)21-13)16(23)20-9-3-4-12(19)11(18)5-9/h3-7H,1-2H3,(H,20,23). The largest absolute Gasteiger partial charge is 0.566 e. The molecule has 1 aliphatic heterocycles. The highest BCUT2D eigenvalue weighted by Gasteiger charge is 2.31. The highest BCUT2D eigenvalue weighted by Crippen LogP contribution is 2.30.